The largest absolute Gasteiger partial charge is 1.00 e. The molecule has 0 amide bonds. The molecule has 92 atom stereocenters. The van der Waals surface area contributed by atoms with Gasteiger partial charge in [-0.1, -0.05) is 14.9 Å². The molecular formula is C106H56BFK. The van der Waals surface area contributed by atoms with Crippen molar-refractivity contribution in [2.75, 3.05) is 0 Å². The SMILES string of the molecule is C.C.C1C2C3C4C5C6C7CC8C9C%10C%11C%12C%13C%14C%15C%16C%17C%18CC%19C%20C%21C%22C%23C%24CC%25C%26C%27C%28C%29C%30C%31C%32C%33C%34C1C21C32C43C54C65C78C96C%107C%118C%129C%13%10C%14%11C%15%12C%16%13C%17%14C%19%18C%20%15C%21%16C%22%17C%23%18C%24%25C%26%19C%27%20C%28%21C%29%22C%30%23C%31%24C%32%25C%33%26C%341C21C32C43C56C74C85C96C%107C%118C%129C%13%10C%15%14C%16%11C%17%12C%18%19C%20%13C%21%14C%22%15C%23%16C%24%17C%25%18C%261C21C34C52C%181C%171C62C72C83C94C%11%10C%12%13C%144C%153C%1612.F.[2HH].[B].[H-].[HH].[K+]. The van der Waals surface area contributed by atoms with Gasteiger partial charge in [0.05, 0.1) is 0 Å². The second kappa shape index (κ2) is 5.10. The molecule has 84 rings (SSSR count). The predicted octanol–water partition coefficient (Wildman–Crippen LogP) is 6.35. The predicted molar refractivity (Wildman–Crippen MR) is 344 cm³/mol. The van der Waals surface area contributed by atoms with E-state index in [1.165, 1.54) is 374 Å². The van der Waals surface area contributed by atoms with Gasteiger partial charge in [-0.05, 0) is 584 Å². The molecule has 0 N–H and O–H groups in total. The Hall–Kier alpha value is 1.63. The summed E-state index contributed by atoms with van der Waals surface area (Å²) in [6.07, 6.45) is 7.77. The maximum absolute atomic E-state index is 1.94. The van der Waals surface area contributed by atoms with E-state index in [9.17, 15) is 0 Å². The van der Waals surface area contributed by atoms with E-state index in [0.717, 1.165) is 184 Å². The Balaban J connectivity index is 0.000000568. The summed E-state index contributed by atoms with van der Waals surface area (Å²) in [5, 5.41) is 0. The first-order chi connectivity index (χ1) is 51.8. The molecule has 0 aromatic carbocycles. The van der Waals surface area contributed by atoms with Crippen LogP contribution < -0.4 is 51.4 Å². The minimum absolute atomic E-state index is 0. The molecule has 3 radical (unpaired) electrons. The van der Waals surface area contributed by atoms with E-state index in [2.05, 4.69) is 0 Å². The van der Waals surface area contributed by atoms with Crippen molar-refractivity contribution < 1.29 is 60.4 Å². The summed E-state index contributed by atoms with van der Waals surface area (Å²) < 4.78 is 0. The molecule has 84 aliphatic rings. The van der Waals surface area contributed by atoms with Gasteiger partial charge in [0, 0.05) is 11.3 Å². The molecule has 0 saturated heterocycles. The van der Waals surface area contributed by atoms with E-state index in [1.807, 2.05) is 25.7 Å². The first kappa shape index (κ1) is 37.4. The van der Waals surface area contributed by atoms with Crippen molar-refractivity contribution in [2.45, 2.75) is 40.5 Å². The van der Waals surface area contributed by atoms with E-state index in [-0.39, 0.29) is 83.6 Å². The summed E-state index contributed by atoms with van der Waals surface area (Å²) >= 11 is 0. The van der Waals surface area contributed by atoms with Crippen molar-refractivity contribution >= 4 is 8.41 Å². The van der Waals surface area contributed by atoms with E-state index in [0.29, 0.717) is 0 Å². The van der Waals surface area contributed by atoms with Crippen LogP contribution in [0.3, 0.4) is 0 Å². The second-order valence-electron chi connectivity index (χ2n) is 70.9. The Kier molecular flexibility index (Phi) is 1.75. The summed E-state index contributed by atoms with van der Waals surface area (Å²) in [5.74, 6) is 49.6. The molecule has 0 nitrogen and oxygen atoms in total. The molecule has 84 fully saturated rings. The van der Waals surface area contributed by atoms with Crippen molar-refractivity contribution in [3.8, 4) is 0 Å². The molecule has 0 bridgehead atoms. The third-order valence-electron chi connectivity index (χ3n) is 99.2. The summed E-state index contributed by atoms with van der Waals surface area (Å²) in [6, 6.07) is 0. The number of halogens is 1. The molecule has 0 heterocycles. The summed E-state index contributed by atoms with van der Waals surface area (Å²) in [5.41, 5.74) is 76.5. The molecule has 0 aromatic heterocycles. The summed E-state index contributed by atoms with van der Waals surface area (Å²) in [4.78, 5) is 0. The second-order valence-corrected chi connectivity index (χ2v) is 70.9. The fraction of sp³-hybridized carbons (Fsp3) is 1.00. The maximum Gasteiger partial charge on any atom is 1.00 e. The van der Waals surface area contributed by atoms with Crippen molar-refractivity contribution in [3.63, 3.8) is 0 Å². The van der Waals surface area contributed by atoms with Crippen LogP contribution in [0, 0.1) is 559 Å². The standard InChI is InChI=1S/C104H42.2CH4.B.FH.K.2H2.H/c1-5-13-21-22-14-6-2-10-18-27-31-35-38-36-32-28-20-12-4-8-16-24-23-15-7-3-11-19-26-30-34-37-33-29-25-17-9(1)39(5)43(13)51(21)52(22)44(14)40(6,10)48(18)56(27)61(31)65(35)68(38)66(36)62(32)58(28)50(20)42(8,12)46(16)54(24)53(23)45(15)41(7,11)49(19)57(26)60(30)64(34)67(37)63(33)59(29)55(25)47(17,39)69(43)73(51)74(52)70(44,48)78(56)82(61)87(65)90(68)88(66)84(62)80(58)72(46,50)76(54)75(53)71(45,49)79(57)83(60)86(64)89(67)85(63)81(59)77(55,69)91(73)92(74,78)96(82)95(81,91)99(85)100(87,96)104(90)102(88)98(84)94(76,80)93(75,79)97(83,98)101(86,102)103(89,99)104;;;;;;;;/h5-38H,1-4H2;2*1H4;;1H;;2*1H;/q;;;;;+1;;;-1/i;;;;;;1+1;;. The van der Waals surface area contributed by atoms with Gasteiger partial charge < -0.3 is 1.43 Å². The average Bonchev–Trinajstić information content (AvgIpc) is 0.393. The average molecular weight is 1400 g/mol. The molecule has 109 heavy (non-hydrogen) atoms. The van der Waals surface area contributed by atoms with Crippen LogP contribution in [-0.2, 0) is 0 Å². The van der Waals surface area contributed by atoms with Crippen molar-refractivity contribution in [3.05, 3.63) is 130 Å². The monoisotopic (exact) mass is 1400 g/mol. The van der Waals surface area contributed by atoms with Crippen molar-refractivity contribution in [2.24, 2.45) is 429 Å². The minimum Gasteiger partial charge on any atom is -1.00 e. The Bertz CT molecular complexity index is 8060. The molecule has 3 heteroatoms. The Morgan fingerprint density at radius 3 is 0.367 bits per heavy atom. The van der Waals surface area contributed by atoms with Gasteiger partial charge in [-0.3, -0.25) is 4.70 Å². The maximum atomic E-state index is 1.94. The van der Waals surface area contributed by atoms with Crippen LogP contribution in [0.4, 0.5) is 4.70 Å². The van der Waals surface area contributed by atoms with Gasteiger partial charge in [-0.2, -0.15) is 0 Å². The van der Waals surface area contributed by atoms with Crippen LogP contribution in [0.1, 0.15) is 44.8 Å². The normalized spacial score (nSPS) is 151. The fourth-order valence-electron chi connectivity index (χ4n) is 133. The Labute approximate surface area is 661 Å². The summed E-state index contributed by atoms with van der Waals surface area (Å²) in [7, 11) is 0. The molecule has 84 aliphatic carbocycles. The molecule has 84 saturated carbocycles. The fourth-order valence-corrected chi connectivity index (χ4v) is 133. The van der Waals surface area contributed by atoms with Gasteiger partial charge in [0.15, 0.2) is 0 Å². The summed E-state index contributed by atoms with van der Waals surface area (Å²) in [6.45, 7) is 0. The minimum atomic E-state index is 0. The Morgan fingerprint density at radius 1 is 0.147 bits per heavy atom. The van der Waals surface area contributed by atoms with Gasteiger partial charge in [0.25, 0.3) is 0 Å². The van der Waals surface area contributed by atoms with Crippen LogP contribution in [0.15, 0.2) is 0 Å². The molecule has 0 aliphatic heterocycles. The topological polar surface area (TPSA) is 0 Å². The van der Waals surface area contributed by atoms with E-state index in [4.69, 9.17) is 0 Å². The first-order valence-electron chi connectivity index (χ1n) is 51.8. The van der Waals surface area contributed by atoms with Crippen molar-refractivity contribution in [1.29, 1.82) is 0 Å². The van der Waals surface area contributed by atoms with Gasteiger partial charge in [0.2, 0.25) is 0 Å². The van der Waals surface area contributed by atoms with Crippen LogP contribution >= 0.6 is 0 Å². The van der Waals surface area contributed by atoms with Crippen LogP contribution in [-0.4, -0.2) is 8.41 Å². The zero-order valence-corrected chi connectivity index (χ0v) is 60.6. The van der Waals surface area contributed by atoms with Crippen LogP contribution in [0.25, 0.3) is 0 Å². The van der Waals surface area contributed by atoms with Gasteiger partial charge in [0.1, 0.15) is 0 Å². The van der Waals surface area contributed by atoms with Gasteiger partial charge in [-0.25, -0.2) is 0 Å². The third-order valence-corrected chi connectivity index (χ3v) is 99.2. The van der Waals surface area contributed by atoms with Crippen LogP contribution in [0.2, 0.25) is 0 Å². The smallest absolute Gasteiger partial charge is 1.00 e. The van der Waals surface area contributed by atoms with E-state index < -0.39 is 0 Å². The zero-order valence-electron chi connectivity index (χ0n) is 58.4. The van der Waals surface area contributed by atoms with E-state index >= 15 is 0 Å². The van der Waals surface area contributed by atoms with Gasteiger partial charge >= 0.3 is 51.4 Å². The number of rotatable bonds is 0. The quantitative estimate of drug-likeness (QED) is 0.249. The number of hydrogen-bond acceptors (Lipinski definition) is 0. The van der Waals surface area contributed by atoms with Gasteiger partial charge in [-0.15, -0.1) is 0 Å². The van der Waals surface area contributed by atoms with E-state index in [1.54, 1.807) is 0 Å². The first-order valence-corrected chi connectivity index (χ1v) is 51.8. The molecule has 491 valence electrons. The zero-order chi connectivity index (χ0) is 55.5. The molecular weight excluding hydrogens is 1340 g/mol. The number of hydrogen-bond donors (Lipinski definition) is 0. The Morgan fingerprint density at radius 2 is 0.239 bits per heavy atom. The molecule has 92 unspecified atom stereocenters. The third kappa shape index (κ3) is 0.670. The van der Waals surface area contributed by atoms with Crippen LogP contribution in [0.5, 0.6) is 0 Å². The number of fused-ring (bicyclic) bond motifs is 30. The van der Waals surface area contributed by atoms with Crippen molar-refractivity contribution in [1.82, 2.24) is 0 Å². The molecule has 66 spiro atoms. The molecule has 0 aromatic rings.